The smallest absolute Gasteiger partial charge is 0.229 e. The molecule has 0 aromatic heterocycles. The van der Waals surface area contributed by atoms with Crippen molar-refractivity contribution in [1.29, 1.82) is 5.26 Å². The van der Waals surface area contributed by atoms with Crippen LogP contribution >= 0.6 is 0 Å². The molecule has 2 aliphatic heterocycles. The van der Waals surface area contributed by atoms with Crippen LogP contribution in [0.4, 0.5) is 5.69 Å². The molecular weight excluding hydrogens is 450 g/mol. The van der Waals surface area contributed by atoms with E-state index < -0.39 is 15.6 Å². The Morgan fingerprint density at radius 1 is 1.15 bits per heavy atom. The number of Topliss-reactive ketones (excluding diaryl/α,β-unsaturated/α-hetero) is 1. The first-order valence-electron chi connectivity index (χ1n) is 11.8. The van der Waals surface area contributed by atoms with Crippen LogP contribution < -0.4 is 9.46 Å². The summed E-state index contributed by atoms with van der Waals surface area (Å²) in [6.07, 6.45) is 5.69. The lowest BCUT2D eigenvalue weighted by Crippen LogP contribution is -2.57. The Morgan fingerprint density at radius 3 is 2.62 bits per heavy atom. The number of anilines is 1. The summed E-state index contributed by atoms with van der Waals surface area (Å²) in [5.74, 6) is 0.245. The van der Waals surface area contributed by atoms with Gasteiger partial charge in [-0.25, -0.2) is 8.42 Å². The van der Waals surface area contributed by atoms with E-state index in [1.165, 1.54) is 11.1 Å². The van der Waals surface area contributed by atoms with Gasteiger partial charge in [0, 0.05) is 37.7 Å². The van der Waals surface area contributed by atoms with Gasteiger partial charge in [0.05, 0.1) is 29.4 Å². The fraction of sp³-hybridized carbons (Fsp3) is 0.462. The van der Waals surface area contributed by atoms with E-state index in [9.17, 15) is 13.2 Å². The largest absolute Gasteiger partial charge is 0.486 e. The molecule has 178 valence electrons. The molecule has 0 radical (unpaired) electrons. The number of aryl methyl sites for hydroxylation is 1. The zero-order chi connectivity index (χ0) is 24.1. The standard InChI is InChI=1S/C26H29N3O4S/c1-17-25(30)23-15-21(28-34(2,31)32)6-8-24(23)33-26(17)9-11-29(12-10-26)22-7-5-19-13-18(16-27)3-4-20(19)14-22/h3-4,6,8,13,15,17,22,28H,5,7,9-12,14H2,1-2H3/t17?,22-/m1/s1. The van der Waals surface area contributed by atoms with Gasteiger partial charge in [-0.1, -0.05) is 13.0 Å². The summed E-state index contributed by atoms with van der Waals surface area (Å²) < 4.78 is 32.1. The minimum atomic E-state index is -3.42. The van der Waals surface area contributed by atoms with Crippen molar-refractivity contribution < 1.29 is 17.9 Å². The molecule has 2 aromatic rings. The summed E-state index contributed by atoms with van der Waals surface area (Å²) in [5.41, 5.74) is 3.64. The molecule has 0 bridgehead atoms. The maximum absolute atomic E-state index is 13.3. The van der Waals surface area contributed by atoms with Gasteiger partial charge in [-0.15, -0.1) is 0 Å². The normalized spacial score (nSPS) is 24.0. The van der Waals surface area contributed by atoms with Crippen LogP contribution in [-0.2, 0) is 22.9 Å². The molecule has 2 aromatic carbocycles. The highest BCUT2D eigenvalue weighted by Gasteiger charge is 2.49. The third kappa shape index (κ3) is 4.19. The molecule has 1 aliphatic carbocycles. The van der Waals surface area contributed by atoms with E-state index >= 15 is 0 Å². The van der Waals surface area contributed by atoms with E-state index in [1.807, 2.05) is 19.1 Å². The average Bonchev–Trinajstić information content (AvgIpc) is 2.82. The minimum Gasteiger partial charge on any atom is -0.486 e. The van der Waals surface area contributed by atoms with Gasteiger partial charge in [0.25, 0.3) is 0 Å². The van der Waals surface area contributed by atoms with Crippen LogP contribution in [0.15, 0.2) is 36.4 Å². The predicted octanol–water partition coefficient (Wildman–Crippen LogP) is 3.53. The Bertz CT molecular complexity index is 1290. The van der Waals surface area contributed by atoms with Crippen LogP contribution in [0.3, 0.4) is 0 Å². The van der Waals surface area contributed by atoms with Gasteiger partial charge < -0.3 is 4.74 Å². The van der Waals surface area contributed by atoms with E-state index in [0.717, 1.165) is 57.0 Å². The van der Waals surface area contributed by atoms with Crippen molar-refractivity contribution in [2.24, 2.45) is 5.92 Å². The van der Waals surface area contributed by atoms with Crippen molar-refractivity contribution in [2.45, 2.75) is 50.7 Å². The van der Waals surface area contributed by atoms with Crippen LogP contribution in [-0.4, -0.2) is 50.1 Å². The monoisotopic (exact) mass is 479 g/mol. The van der Waals surface area contributed by atoms with Crippen molar-refractivity contribution >= 4 is 21.5 Å². The van der Waals surface area contributed by atoms with Gasteiger partial charge in [0.15, 0.2) is 5.78 Å². The lowest BCUT2D eigenvalue weighted by atomic mass is 9.74. The fourth-order valence-corrected chi connectivity index (χ4v) is 6.34. The first-order valence-corrected chi connectivity index (χ1v) is 13.7. The SMILES string of the molecule is CC1C(=O)c2cc(NS(C)(=O)=O)ccc2OC12CCN([C@@H]1CCc3cc(C#N)ccc3C1)CC2. The second-order valence-electron chi connectivity index (χ2n) is 9.87. The number of nitriles is 1. The van der Waals surface area contributed by atoms with Crippen molar-refractivity contribution in [3.63, 3.8) is 0 Å². The third-order valence-electron chi connectivity index (χ3n) is 7.74. The highest BCUT2D eigenvalue weighted by Crippen LogP contribution is 2.44. The van der Waals surface area contributed by atoms with Crippen LogP contribution in [0.2, 0.25) is 0 Å². The molecule has 8 heteroatoms. The summed E-state index contributed by atoms with van der Waals surface area (Å²) in [6.45, 7) is 3.68. The van der Waals surface area contributed by atoms with Gasteiger partial charge >= 0.3 is 0 Å². The Hall–Kier alpha value is -2.89. The second-order valence-corrected chi connectivity index (χ2v) is 11.6. The molecule has 1 N–H and O–H groups in total. The average molecular weight is 480 g/mol. The number of sulfonamides is 1. The Kier molecular flexibility index (Phi) is 5.65. The van der Waals surface area contributed by atoms with Gasteiger partial charge in [0.2, 0.25) is 10.0 Å². The van der Waals surface area contributed by atoms with Crippen molar-refractivity contribution in [3.05, 3.63) is 58.7 Å². The number of carbonyl (C=O) groups is 1. The van der Waals surface area contributed by atoms with Crippen LogP contribution in [0.25, 0.3) is 0 Å². The number of hydrogen-bond acceptors (Lipinski definition) is 6. The van der Waals surface area contributed by atoms with E-state index in [1.54, 1.807) is 18.2 Å². The molecular formula is C26H29N3O4S. The summed E-state index contributed by atoms with van der Waals surface area (Å²) in [7, 11) is -3.42. The van der Waals surface area contributed by atoms with Crippen molar-refractivity contribution in [2.75, 3.05) is 24.1 Å². The van der Waals surface area contributed by atoms with E-state index in [-0.39, 0.29) is 11.7 Å². The first kappa shape index (κ1) is 22.9. The van der Waals surface area contributed by atoms with Crippen LogP contribution in [0.1, 0.15) is 53.2 Å². The zero-order valence-corrected chi connectivity index (χ0v) is 20.3. The molecule has 34 heavy (non-hydrogen) atoms. The Labute approximate surface area is 200 Å². The van der Waals surface area contributed by atoms with E-state index in [4.69, 9.17) is 10.00 Å². The molecule has 1 unspecified atom stereocenters. The third-order valence-corrected chi connectivity index (χ3v) is 8.35. The number of fused-ring (bicyclic) bond motifs is 2. The van der Waals surface area contributed by atoms with Gasteiger partial charge in [0.1, 0.15) is 11.4 Å². The highest BCUT2D eigenvalue weighted by molar-refractivity contribution is 7.92. The molecule has 5 rings (SSSR count). The molecule has 1 saturated heterocycles. The Morgan fingerprint density at radius 2 is 1.91 bits per heavy atom. The predicted molar refractivity (Wildman–Crippen MR) is 130 cm³/mol. The summed E-state index contributed by atoms with van der Waals surface area (Å²) >= 11 is 0. The summed E-state index contributed by atoms with van der Waals surface area (Å²) in [5, 5.41) is 9.15. The number of carbonyl (C=O) groups excluding carboxylic acids is 1. The number of ether oxygens (including phenoxy) is 1. The molecule has 1 spiro atoms. The number of nitrogens with one attached hydrogen (secondary N) is 1. The van der Waals surface area contributed by atoms with E-state index in [0.29, 0.717) is 23.0 Å². The molecule has 2 heterocycles. The van der Waals surface area contributed by atoms with Gasteiger partial charge in [-0.05, 0) is 60.7 Å². The number of ketones is 1. The summed E-state index contributed by atoms with van der Waals surface area (Å²) in [6, 6.07) is 13.6. The number of likely N-dealkylation sites (tertiary alicyclic amines) is 1. The number of nitrogens with zero attached hydrogens (tertiary/aromatic N) is 2. The molecule has 0 amide bonds. The lowest BCUT2D eigenvalue weighted by molar-refractivity contribution is -0.0475. The quantitative estimate of drug-likeness (QED) is 0.723. The second kappa shape index (κ2) is 8.40. The minimum absolute atomic E-state index is 0.00624. The number of benzene rings is 2. The van der Waals surface area contributed by atoms with Crippen molar-refractivity contribution in [3.8, 4) is 11.8 Å². The van der Waals surface area contributed by atoms with Crippen LogP contribution in [0.5, 0.6) is 5.75 Å². The Balaban J connectivity index is 1.29. The molecule has 0 saturated carbocycles. The topological polar surface area (TPSA) is 99.5 Å². The van der Waals surface area contributed by atoms with Gasteiger partial charge in [-0.2, -0.15) is 5.26 Å². The number of hydrogen-bond donors (Lipinski definition) is 1. The zero-order valence-electron chi connectivity index (χ0n) is 19.5. The van der Waals surface area contributed by atoms with Crippen LogP contribution in [0, 0.1) is 17.2 Å². The highest BCUT2D eigenvalue weighted by atomic mass is 32.2. The molecule has 2 atom stereocenters. The maximum atomic E-state index is 13.3. The molecule has 3 aliphatic rings. The van der Waals surface area contributed by atoms with Gasteiger partial charge in [-0.3, -0.25) is 14.4 Å². The number of rotatable bonds is 3. The molecule has 1 fully saturated rings. The maximum Gasteiger partial charge on any atom is 0.229 e. The fourth-order valence-electron chi connectivity index (χ4n) is 5.79. The first-order chi connectivity index (χ1) is 16.2. The molecule has 7 nitrogen and oxygen atoms in total. The lowest BCUT2D eigenvalue weighted by Gasteiger charge is -2.49. The van der Waals surface area contributed by atoms with E-state index in [2.05, 4.69) is 21.8 Å². The number of piperidine rings is 1. The summed E-state index contributed by atoms with van der Waals surface area (Å²) in [4.78, 5) is 15.8. The van der Waals surface area contributed by atoms with Crippen molar-refractivity contribution in [1.82, 2.24) is 4.90 Å².